The first-order valence-corrected chi connectivity index (χ1v) is 5.82. The van der Waals surface area contributed by atoms with Gasteiger partial charge in [-0.1, -0.05) is 34.6 Å². The van der Waals surface area contributed by atoms with Gasteiger partial charge >= 0.3 is 0 Å². The largest absolute Gasteiger partial charge is 0.376 e. The molecule has 2 heteroatoms. The first-order chi connectivity index (χ1) is 6.47. The predicted octanol–water partition coefficient (Wildman–Crippen LogP) is 2.83. The summed E-state index contributed by atoms with van der Waals surface area (Å²) in [5.41, 5.74) is 0.207. The molecule has 2 unspecified atom stereocenters. The Morgan fingerprint density at radius 2 is 1.71 bits per heavy atom. The third kappa shape index (κ3) is 4.43. The second kappa shape index (κ2) is 6.41. The van der Waals surface area contributed by atoms with Crippen LogP contribution in [0.25, 0.3) is 0 Å². The van der Waals surface area contributed by atoms with Crippen LogP contribution < -0.4 is 5.32 Å². The molecule has 1 N–H and O–H groups in total. The van der Waals surface area contributed by atoms with Gasteiger partial charge in [-0.15, -0.1) is 0 Å². The van der Waals surface area contributed by atoms with Crippen molar-refractivity contribution in [3.05, 3.63) is 0 Å². The van der Waals surface area contributed by atoms with Crippen LogP contribution in [0, 0.1) is 5.41 Å². The standard InChI is InChI=1S/C12H27NO/c1-7-10(13-8-2)11(14-9-3)12(4,5)6/h10-11,13H,7-9H2,1-6H3. The van der Waals surface area contributed by atoms with E-state index in [0.717, 1.165) is 19.6 Å². The van der Waals surface area contributed by atoms with Crippen LogP contribution in [0.3, 0.4) is 0 Å². The van der Waals surface area contributed by atoms with E-state index in [1.54, 1.807) is 0 Å². The Bertz CT molecular complexity index is 140. The maximum absolute atomic E-state index is 5.85. The molecule has 0 aromatic carbocycles. The van der Waals surface area contributed by atoms with Crippen molar-refractivity contribution in [3.63, 3.8) is 0 Å². The Morgan fingerprint density at radius 3 is 2.00 bits per heavy atom. The lowest BCUT2D eigenvalue weighted by molar-refractivity contribution is -0.0360. The minimum atomic E-state index is 0.207. The van der Waals surface area contributed by atoms with E-state index < -0.39 is 0 Å². The fourth-order valence-corrected chi connectivity index (χ4v) is 1.88. The van der Waals surface area contributed by atoms with Crippen molar-refractivity contribution in [1.29, 1.82) is 0 Å². The van der Waals surface area contributed by atoms with Crippen LogP contribution in [0.1, 0.15) is 48.0 Å². The summed E-state index contributed by atoms with van der Waals surface area (Å²) in [5.74, 6) is 0. The quantitative estimate of drug-likeness (QED) is 0.713. The van der Waals surface area contributed by atoms with Crippen LogP contribution in [0.4, 0.5) is 0 Å². The van der Waals surface area contributed by atoms with E-state index in [1.165, 1.54) is 0 Å². The SMILES string of the molecule is CCNC(CC)C(OCC)C(C)(C)C. The van der Waals surface area contributed by atoms with E-state index in [9.17, 15) is 0 Å². The normalized spacial score (nSPS) is 16.7. The van der Waals surface area contributed by atoms with Crippen LogP contribution >= 0.6 is 0 Å². The molecule has 0 fully saturated rings. The third-order valence-corrected chi connectivity index (χ3v) is 2.47. The van der Waals surface area contributed by atoms with Crippen molar-refractivity contribution < 1.29 is 4.74 Å². The summed E-state index contributed by atoms with van der Waals surface area (Å²) in [7, 11) is 0. The minimum absolute atomic E-state index is 0.207. The topological polar surface area (TPSA) is 21.3 Å². The van der Waals surface area contributed by atoms with Gasteiger partial charge in [0.25, 0.3) is 0 Å². The van der Waals surface area contributed by atoms with Crippen molar-refractivity contribution in [3.8, 4) is 0 Å². The van der Waals surface area contributed by atoms with Gasteiger partial charge in [-0.3, -0.25) is 0 Å². The molecule has 0 heterocycles. The Morgan fingerprint density at radius 1 is 1.14 bits per heavy atom. The molecule has 0 aromatic heterocycles. The highest BCUT2D eigenvalue weighted by molar-refractivity contribution is 4.85. The third-order valence-electron chi connectivity index (χ3n) is 2.47. The zero-order chi connectivity index (χ0) is 11.2. The average Bonchev–Trinajstić information content (AvgIpc) is 2.09. The van der Waals surface area contributed by atoms with E-state index in [0.29, 0.717) is 12.1 Å². The van der Waals surface area contributed by atoms with E-state index in [4.69, 9.17) is 4.74 Å². The molecule has 0 aliphatic carbocycles. The summed E-state index contributed by atoms with van der Waals surface area (Å²) < 4.78 is 5.85. The molecule has 2 nitrogen and oxygen atoms in total. The predicted molar refractivity (Wildman–Crippen MR) is 62.6 cm³/mol. The maximum atomic E-state index is 5.85. The van der Waals surface area contributed by atoms with Crippen molar-refractivity contribution >= 4 is 0 Å². The van der Waals surface area contributed by atoms with Gasteiger partial charge in [0.05, 0.1) is 6.10 Å². The van der Waals surface area contributed by atoms with Gasteiger partial charge in [-0.2, -0.15) is 0 Å². The number of ether oxygens (including phenoxy) is 1. The number of rotatable bonds is 6. The van der Waals surface area contributed by atoms with Gasteiger partial charge in [0.15, 0.2) is 0 Å². The summed E-state index contributed by atoms with van der Waals surface area (Å²) in [6.07, 6.45) is 1.42. The molecule has 86 valence electrons. The molecule has 14 heavy (non-hydrogen) atoms. The van der Waals surface area contributed by atoms with Gasteiger partial charge in [-0.05, 0) is 25.3 Å². The van der Waals surface area contributed by atoms with Crippen LogP contribution in [0.5, 0.6) is 0 Å². The summed E-state index contributed by atoms with van der Waals surface area (Å²) in [6, 6.07) is 0.472. The molecule has 0 aromatic rings. The number of hydrogen-bond donors (Lipinski definition) is 1. The molecule has 0 spiro atoms. The summed E-state index contributed by atoms with van der Waals surface area (Å²) in [6.45, 7) is 15.0. The van der Waals surface area contributed by atoms with Crippen LogP contribution in [-0.2, 0) is 4.74 Å². The smallest absolute Gasteiger partial charge is 0.0775 e. The number of likely N-dealkylation sites (N-methyl/N-ethyl adjacent to an activating group) is 1. The first kappa shape index (κ1) is 13.9. The molecule has 0 aliphatic heterocycles. The first-order valence-electron chi connectivity index (χ1n) is 5.82. The van der Waals surface area contributed by atoms with Crippen LogP contribution in [0.15, 0.2) is 0 Å². The molecule has 0 aliphatic rings. The minimum Gasteiger partial charge on any atom is -0.376 e. The maximum Gasteiger partial charge on any atom is 0.0775 e. The lowest BCUT2D eigenvalue weighted by Crippen LogP contribution is -2.47. The van der Waals surface area contributed by atoms with Gasteiger partial charge in [0.1, 0.15) is 0 Å². The van der Waals surface area contributed by atoms with E-state index >= 15 is 0 Å². The molecule has 0 bridgehead atoms. The molecular weight excluding hydrogens is 174 g/mol. The summed E-state index contributed by atoms with van der Waals surface area (Å²) >= 11 is 0. The molecule has 0 saturated carbocycles. The lowest BCUT2D eigenvalue weighted by Gasteiger charge is -2.36. The van der Waals surface area contributed by atoms with Crippen LogP contribution in [-0.4, -0.2) is 25.3 Å². The fourth-order valence-electron chi connectivity index (χ4n) is 1.88. The Kier molecular flexibility index (Phi) is 6.38. The molecule has 0 rings (SSSR count). The summed E-state index contributed by atoms with van der Waals surface area (Å²) in [5, 5.41) is 3.50. The van der Waals surface area contributed by atoms with Gasteiger partial charge < -0.3 is 10.1 Å². The average molecular weight is 201 g/mol. The monoisotopic (exact) mass is 201 g/mol. The van der Waals surface area contributed by atoms with E-state index in [2.05, 4.69) is 46.9 Å². The zero-order valence-corrected chi connectivity index (χ0v) is 10.7. The summed E-state index contributed by atoms with van der Waals surface area (Å²) in [4.78, 5) is 0. The van der Waals surface area contributed by atoms with Crippen molar-refractivity contribution in [1.82, 2.24) is 5.32 Å². The van der Waals surface area contributed by atoms with Gasteiger partial charge in [-0.25, -0.2) is 0 Å². The molecule has 2 atom stereocenters. The Balaban J connectivity index is 4.43. The van der Waals surface area contributed by atoms with Gasteiger partial charge in [0.2, 0.25) is 0 Å². The van der Waals surface area contributed by atoms with Crippen LogP contribution in [0.2, 0.25) is 0 Å². The second-order valence-corrected chi connectivity index (χ2v) is 4.81. The number of nitrogens with one attached hydrogen (secondary N) is 1. The molecule has 0 radical (unpaired) electrons. The lowest BCUT2D eigenvalue weighted by atomic mass is 9.83. The Hall–Kier alpha value is -0.0800. The van der Waals surface area contributed by atoms with E-state index in [-0.39, 0.29) is 5.41 Å². The highest BCUT2D eigenvalue weighted by Crippen LogP contribution is 2.26. The van der Waals surface area contributed by atoms with Crippen molar-refractivity contribution in [2.24, 2.45) is 5.41 Å². The number of hydrogen-bond acceptors (Lipinski definition) is 2. The molecule has 0 saturated heterocycles. The van der Waals surface area contributed by atoms with Gasteiger partial charge in [0, 0.05) is 12.6 Å². The highest BCUT2D eigenvalue weighted by Gasteiger charge is 2.31. The van der Waals surface area contributed by atoms with Crippen molar-refractivity contribution in [2.45, 2.75) is 60.1 Å². The Labute approximate surface area is 89.4 Å². The zero-order valence-electron chi connectivity index (χ0n) is 10.7. The van der Waals surface area contributed by atoms with Crippen molar-refractivity contribution in [2.75, 3.05) is 13.2 Å². The molecule has 0 amide bonds. The van der Waals surface area contributed by atoms with E-state index in [1.807, 2.05) is 0 Å². The second-order valence-electron chi connectivity index (χ2n) is 4.81. The molecular formula is C12H27NO. The highest BCUT2D eigenvalue weighted by atomic mass is 16.5. The fraction of sp³-hybridized carbons (Fsp3) is 1.00.